The Kier molecular flexibility index (Phi) is 5.20. The van der Waals surface area contributed by atoms with Crippen molar-refractivity contribution in [2.75, 3.05) is 0 Å². The van der Waals surface area contributed by atoms with E-state index in [2.05, 4.69) is 11.8 Å². The van der Waals surface area contributed by atoms with Gasteiger partial charge >= 0.3 is 11.9 Å². The zero-order valence-corrected chi connectivity index (χ0v) is 14.0. The number of carboxylic acids is 2. The fourth-order valence-electron chi connectivity index (χ4n) is 2.35. The highest BCUT2D eigenvalue weighted by atomic mass is 16.5. The number of carbonyl (C=O) groups is 2. The first-order valence-electron chi connectivity index (χ1n) is 7.99. The Morgan fingerprint density at radius 3 is 2.15 bits per heavy atom. The number of aromatic carboxylic acids is 2. The second kappa shape index (κ2) is 7.89. The number of hydrogen-bond acceptors (Lipinski definition) is 3. The molecular formula is C22H14O5. The lowest BCUT2D eigenvalue weighted by molar-refractivity contribution is 0.0678. The molecule has 3 aromatic carbocycles. The summed E-state index contributed by atoms with van der Waals surface area (Å²) in [6.45, 7) is 0. The lowest BCUT2D eigenvalue weighted by atomic mass is 10.1. The quantitative estimate of drug-likeness (QED) is 0.680. The Morgan fingerprint density at radius 2 is 1.44 bits per heavy atom. The molecule has 0 aliphatic rings. The van der Waals surface area contributed by atoms with Gasteiger partial charge in [0.2, 0.25) is 0 Å². The van der Waals surface area contributed by atoms with Crippen molar-refractivity contribution < 1.29 is 24.5 Å². The van der Waals surface area contributed by atoms with Crippen LogP contribution in [0.5, 0.6) is 11.5 Å². The topological polar surface area (TPSA) is 83.8 Å². The number of ether oxygens (including phenoxy) is 1. The van der Waals surface area contributed by atoms with Gasteiger partial charge < -0.3 is 14.9 Å². The van der Waals surface area contributed by atoms with Crippen molar-refractivity contribution >= 4 is 11.9 Å². The highest BCUT2D eigenvalue weighted by Crippen LogP contribution is 2.29. The van der Waals surface area contributed by atoms with Gasteiger partial charge in [0.1, 0.15) is 17.1 Å². The number of rotatable bonds is 4. The minimum Gasteiger partial charge on any atom is -0.478 e. The summed E-state index contributed by atoms with van der Waals surface area (Å²) in [4.78, 5) is 22.6. The van der Waals surface area contributed by atoms with Gasteiger partial charge in [-0.3, -0.25) is 0 Å². The molecule has 0 spiro atoms. The zero-order chi connectivity index (χ0) is 19.2. The van der Waals surface area contributed by atoms with Crippen LogP contribution in [-0.2, 0) is 0 Å². The third-order valence-electron chi connectivity index (χ3n) is 3.68. The second-order valence-electron chi connectivity index (χ2n) is 5.54. The van der Waals surface area contributed by atoms with Gasteiger partial charge in [-0.15, -0.1) is 0 Å². The van der Waals surface area contributed by atoms with Crippen LogP contribution in [0.25, 0.3) is 0 Å². The molecule has 0 fully saturated rings. The molecule has 3 aromatic rings. The van der Waals surface area contributed by atoms with Crippen molar-refractivity contribution in [1.82, 2.24) is 0 Å². The van der Waals surface area contributed by atoms with Crippen LogP contribution in [0.2, 0.25) is 0 Å². The number of para-hydroxylation sites is 1. The summed E-state index contributed by atoms with van der Waals surface area (Å²) >= 11 is 0. The van der Waals surface area contributed by atoms with Crippen molar-refractivity contribution in [2.45, 2.75) is 0 Å². The van der Waals surface area contributed by atoms with Crippen molar-refractivity contribution in [1.29, 1.82) is 0 Å². The SMILES string of the molecule is O=C(O)c1ccc(C(=O)O)c(Oc2ccccc2C#Cc2ccccc2)c1. The molecule has 5 heteroatoms. The summed E-state index contributed by atoms with van der Waals surface area (Å²) in [6, 6.07) is 19.9. The number of carboxylic acid groups (broad SMARTS) is 2. The monoisotopic (exact) mass is 358 g/mol. The first-order chi connectivity index (χ1) is 13.0. The predicted molar refractivity (Wildman–Crippen MR) is 99.3 cm³/mol. The van der Waals surface area contributed by atoms with E-state index in [1.807, 2.05) is 30.3 Å². The van der Waals surface area contributed by atoms with Crippen molar-refractivity contribution in [3.8, 4) is 23.3 Å². The van der Waals surface area contributed by atoms with E-state index >= 15 is 0 Å². The van der Waals surface area contributed by atoms with Crippen molar-refractivity contribution in [3.05, 3.63) is 95.1 Å². The molecule has 0 radical (unpaired) electrons. The van der Waals surface area contributed by atoms with E-state index in [1.165, 1.54) is 18.2 Å². The van der Waals surface area contributed by atoms with Gasteiger partial charge in [-0.05, 0) is 42.5 Å². The van der Waals surface area contributed by atoms with E-state index in [0.29, 0.717) is 11.3 Å². The third-order valence-corrected chi connectivity index (χ3v) is 3.68. The van der Waals surface area contributed by atoms with E-state index < -0.39 is 11.9 Å². The standard InChI is InChI=1S/C22H14O5/c23-21(24)17-12-13-18(22(25)26)20(14-17)27-19-9-5-4-8-16(19)11-10-15-6-2-1-3-7-15/h1-9,12-14H,(H,23,24)(H,25,26). The summed E-state index contributed by atoms with van der Waals surface area (Å²) in [7, 11) is 0. The molecule has 5 nitrogen and oxygen atoms in total. The first-order valence-corrected chi connectivity index (χ1v) is 7.99. The molecule has 0 bridgehead atoms. The maximum Gasteiger partial charge on any atom is 0.339 e. The van der Waals surface area contributed by atoms with E-state index in [9.17, 15) is 14.7 Å². The van der Waals surface area contributed by atoms with Crippen LogP contribution >= 0.6 is 0 Å². The van der Waals surface area contributed by atoms with Gasteiger partial charge in [0.05, 0.1) is 11.1 Å². The van der Waals surface area contributed by atoms with Crippen LogP contribution in [0.3, 0.4) is 0 Å². The van der Waals surface area contributed by atoms with Gasteiger partial charge in [0.15, 0.2) is 0 Å². The molecule has 2 N–H and O–H groups in total. The lowest BCUT2D eigenvalue weighted by Crippen LogP contribution is -2.04. The van der Waals surface area contributed by atoms with Gasteiger partial charge in [0.25, 0.3) is 0 Å². The second-order valence-corrected chi connectivity index (χ2v) is 5.54. The molecule has 0 saturated heterocycles. The predicted octanol–water partition coefficient (Wildman–Crippen LogP) is 4.28. The van der Waals surface area contributed by atoms with Crippen LogP contribution in [0.1, 0.15) is 31.8 Å². The molecule has 0 aliphatic carbocycles. The van der Waals surface area contributed by atoms with E-state index in [0.717, 1.165) is 5.56 Å². The molecule has 3 rings (SSSR count). The Bertz CT molecular complexity index is 1060. The summed E-state index contributed by atoms with van der Waals surface area (Å²) in [5.74, 6) is 3.91. The minimum absolute atomic E-state index is 0.0589. The van der Waals surface area contributed by atoms with Crippen LogP contribution in [0.4, 0.5) is 0 Å². The number of benzene rings is 3. The highest BCUT2D eigenvalue weighted by Gasteiger charge is 2.16. The molecule has 0 aliphatic heterocycles. The fourth-order valence-corrected chi connectivity index (χ4v) is 2.35. The smallest absolute Gasteiger partial charge is 0.339 e. The molecule has 27 heavy (non-hydrogen) atoms. The Morgan fingerprint density at radius 1 is 0.741 bits per heavy atom. The van der Waals surface area contributed by atoms with Crippen molar-refractivity contribution in [3.63, 3.8) is 0 Å². The van der Waals surface area contributed by atoms with Crippen LogP contribution in [0.15, 0.2) is 72.8 Å². The maximum absolute atomic E-state index is 11.4. The summed E-state index contributed by atoms with van der Waals surface area (Å²) in [5, 5.41) is 18.5. The molecule has 0 aromatic heterocycles. The van der Waals surface area contributed by atoms with Gasteiger partial charge in [-0.1, -0.05) is 42.2 Å². The van der Waals surface area contributed by atoms with E-state index in [-0.39, 0.29) is 16.9 Å². The number of hydrogen-bond donors (Lipinski definition) is 2. The van der Waals surface area contributed by atoms with Gasteiger partial charge in [0, 0.05) is 5.56 Å². The Hall–Kier alpha value is -4.04. The largest absolute Gasteiger partial charge is 0.478 e. The van der Waals surface area contributed by atoms with Gasteiger partial charge in [-0.25, -0.2) is 9.59 Å². The van der Waals surface area contributed by atoms with E-state index in [4.69, 9.17) is 9.84 Å². The van der Waals surface area contributed by atoms with Crippen molar-refractivity contribution in [2.24, 2.45) is 0 Å². The summed E-state index contributed by atoms with van der Waals surface area (Å²) < 4.78 is 5.73. The van der Waals surface area contributed by atoms with Crippen LogP contribution < -0.4 is 4.74 Å². The average molecular weight is 358 g/mol. The average Bonchev–Trinajstić information content (AvgIpc) is 2.68. The normalized spacial score (nSPS) is 9.78. The van der Waals surface area contributed by atoms with Gasteiger partial charge in [-0.2, -0.15) is 0 Å². The van der Waals surface area contributed by atoms with Crippen LogP contribution in [0, 0.1) is 11.8 Å². The molecule has 0 unspecified atom stereocenters. The zero-order valence-electron chi connectivity index (χ0n) is 14.0. The Labute approximate surface area is 155 Å². The molecule has 0 amide bonds. The molecule has 0 atom stereocenters. The van der Waals surface area contributed by atoms with E-state index in [1.54, 1.807) is 24.3 Å². The maximum atomic E-state index is 11.4. The first kappa shape index (κ1) is 17.8. The molecule has 0 saturated carbocycles. The molecule has 0 heterocycles. The third kappa shape index (κ3) is 4.33. The summed E-state index contributed by atoms with van der Waals surface area (Å²) in [6.07, 6.45) is 0. The minimum atomic E-state index is -1.21. The Balaban J connectivity index is 2.00. The molecular weight excluding hydrogens is 344 g/mol. The summed E-state index contributed by atoms with van der Waals surface area (Å²) in [5.41, 5.74) is 1.18. The fraction of sp³-hybridized carbons (Fsp3) is 0. The highest BCUT2D eigenvalue weighted by molar-refractivity contribution is 5.94. The van der Waals surface area contributed by atoms with Crippen LogP contribution in [-0.4, -0.2) is 22.2 Å². The molecule has 132 valence electrons. The lowest BCUT2D eigenvalue weighted by Gasteiger charge is -2.11.